The van der Waals surface area contributed by atoms with Crippen LogP contribution >= 0.6 is 0 Å². The maximum absolute atomic E-state index is 12.6. The lowest BCUT2D eigenvalue weighted by atomic mass is 10.0. The van der Waals surface area contributed by atoms with Crippen molar-refractivity contribution in [1.82, 2.24) is 30.8 Å². The molecular weight excluding hydrogens is 324 g/mol. The van der Waals surface area contributed by atoms with E-state index in [9.17, 15) is 9.59 Å². The summed E-state index contributed by atoms with van der Waals surface area (Å²) in [4.78, 5) is 26.2. The number of nitrogens with zero attached hydrogens (tertiary/aromatic N) is 4. The number of aromatic amines is 1. The Bertz CT molecular complexity index is 674. The van der Waals surface area contributed by atoms with Crippen LogP contribution in [0.5, 0.6) is 5.75 Å². The zero-order chi connectivity index (χ0) is 18.2. The molecule has 0 spiro atoms. The number of likely N-dealkylation sites (N-methyl/N-ethyl adjacent to an activating group) is 1. The number of para-hydroxylation sites is 1. The van der Waals surface area contributed by atoms with Crippen LogP contribution in [-0.4, -0.2) is 57.0 Å². The van der Waals surface area contributed by atoms with Gasteiger partial charge in [0.2, 0.25) is 5.91 Å². The van der Waals surface area contributed by atoms with Crippen LogP contribution in [0.1, 0.15) is 19.7 Å². The molecule has 2 aromatic rings. The number of hydrogen-bond donors (Lipinski definition) is 2. The van der Waals surface area contributed by atoms with Crippen molar-refractivity contribution in [3.8, 4) is 5.75 Å². The molecule has 0 radical (unpaired) electrons. The molecular formula is C16H22N6O3. The van der Waals surface area contributed by atoms with Gasteiger partial charge in [-0.25, -0.2) is 0 Å². The summed E-state index contributed by atoms with van der Waals surface area (Å²) in [5.41, 5.74) is 0. The Balaban J connectivity index is 1.90. The third-order valence-corrected chi connectivity index (χ3v) is 3.51. The molecule has 0 saturated heterocycles. The van der Waals surface area contributed by atoms with Crippen molar-refractivity contribution in [2.24, 2.45) is 5.92 Å². The standard InChI is InChI=1S/C16H22N6O3/c1-11(2)15(16(24)22(3)9-13-18-20-21-19-13)17-14(23)10-25-12-7-5-4-6-8-12/h4-8,11,15H,9-10H2,1-3H3,(H,17,23)(H,18,19,20,21)/t15-/m0/s1. The Morgan fingerprint density at radius 2 is 2.00 bits per heavy atom. The third-order valence-electron chi connectivity index (χ3n) is 3.51. The number of benzene rings is 1. The lowest BCUT2D eigenvalue weighted by Gasteiger charge is -2.26. The summed E-state index contributed by atoms with van der Waals surface area (Å²) in [6.07, 6.45) is 0. The molecule has 1 aromatic carbocycles. The lowest BCUT2D eigenvalue weighted by Crippen LogP contribution is -2.51. The van der Waals surface area contributed by atoms with E-state index in [1.54, 1.807) is 19.2 Å². The zero-order valence-corrected chi connectivity index (χ0v) is 14.5. The Labute approximate surface area is 145 Å². The third kappa shape index (κ3) is 5.55. The van der Waals surface area contributed by atoms with Gasteiger partial charge in [0.15, 0.2) is 12.4 Å². The number of carbonyl (C=O) groups excluding carboxylic acids is 2. The molecule has 0 saturated carbocycles. The van der Waals surface area contributed by atoms with Crippen molar-refractivity contribution in [2.45, 2.75) is 26.4 Å². The van der Waals surface area contributed by atoms with Crippen molar-refractivity contribution in [3.63, 3.8) is 0 Å². The fraction of sp³-hybridized carbons (Fsp3) is 0.438. The minimum Gasteiger partial charge on any atom is -0.484 e. The average molecular weight is 346 g/mol. The first kappa shape index (κ1) is 18.4. The van der Waals surface area contributed by atoms with Crippen LogP contribution in [-0.2, 0) is 16.1 Å². The van der Waals surface area contributed by atoms with Crippen LogP contribution < -0.4 is 10.1 Å². The molecule has 0 unspecified atom stereocenters. The quantitative estimate of drug-likeness (QED) is 0.714. The predicted octanol–water partition coefficient (Wildman–Crippen LogP) is 0.378. The first-order chi connectivity index (χ1) is 12.0. The topological polar surface area (TPSA) is 113 Å². The van der Waals surface area contributed by atoms with Gasteiger partial charge in [0.25, 0.3) is 5.91 Å². The van der Waals surface area contributed by atoms with Gasteiger partial charge >= 0.3 is 0 Å². The fourth-order valence-electron chi connectivity index (χ4n) is 2.17. The van der Waals surface area contributed by atoms with E-state index in [-0.39, 0.29) is 30.9 Å². The second-order valence-electron chi connectivity index (χ2n) is 5.91. The van der Waals surface area contributed by atoms with Crippen molar-refractivity contribution in [3.05, 3.63) is 36.2 Å². The summed E-state index contributed by atoms with van der Waals surface area (Å²) in [6.45, 7) is 3.77. The molecule has 0 aliphatic carbocycles. The molecule has 9 heteroatoms. The van der Waals surface area contributed by atoms with E-state index in [0.29, 0.717) is 11.6 Å². The van der Waals surface area contributed by atoms with E-state index in [1.165, 1.54) is 4.90 Å². The number of nitrogens with one attached hydrogen (secondary N) is 2. The monoisotopic (exact) mass is 346 g/mol. The molecule has 1 aromatic heterocycles. The fourth-order valence-corrected chi connectivity index (χ4v) is 2.17. The largest absolute Gasteiger partial charge is 0.484 e. The molecule has 25 heavy (non-hydrogen) atoms. The van der Waals surface area contributed by atoms with Crippen LogP contribution in [0.2, 0.25) is 0 Å². The molecule has 0 aliphatic rings. The molecule has 2 N–H and O–H groups in total. The minimum absolute atomic E-state index is 0.0825. The summed E-state index contributed by atoms with van der Waals surface area (Å²) in [7, 11) is 1.63. The van der Waals surface area contributed by atoms with E-state index < -0.39 is 6.04 Å². The van der Waals surface area contributed by atoms with Crippen LogP contribution in [0.25, 0.3) is 0 Å². The van der Waals surface area contributed by atoms with E-state index >= 15 is 0 Å². The Kier molecular flexibility index (Phi) is 6.44. The van der Waals surface area contributed by atoms with E-state index in [4.69, 9.17) is 4.74 Å². The molecule has 0 bridgehead atoms. The average Bonchev–Trinajstić information content (AvgIpc) is 3.11. The van der Waals surface area contributed by atoms with E-state index in [1.807, 2.05) is 32.0 Å². The number of amides is 2. The van der Waals surface area contributed by atoms with Gasteiger partial charge in [-0.05, 0) is 18.1 Å². The smallest absolute Gasteiger partial charge is 0.258 e. The number of aromatic nitrogens is 4. The van der Waals surface area contributed by atoms with Crippen molar-refractivity contribution < 1.29 is 14.3 Å². The number of ether oxygens (including phenoxy) is 1. The van der Waals surface area contributed by atoms with Crippen molar-refractivity contribution in [1.29, 1.82) is 0 Å². The zero-order valence-electron chi connectivity index (χ0n) is 14.5. The van der Waals surface area contributed by atoms with Gasteiger partial charge < -0.3 is 15.0 Å². The molecule has 0 fully saturated rings. The van der Waals surface area contributed by atoms with Gasteiger partial charge in [-0.1, -0.05) is 37.3 Å². The molecule has 9 nitrogen and oxygen atoms in total. The van der Waals surface area contributed by atoms with Gasteiger partial charge in [-0.2, -0.15) is 5.21 Å². The highest BCUT2D eigenvalue weighted by Crippen LogP contribution is 2.09. The van der Waals surface area contributed by atoms with Crippen molar-refractivity contribution >= 4 is 11.8 Å². The van der Waals surface area contributed by atoms with Gasteiger partial charge in [-0.3, -0.25) is 9.59 Å². The maximum Gasteiger partial charge on any atom is 0.258 e. The first-order valence-electron chi connectivity index (χ1n) is 7.92. The number of carbonyl (C=O) groups is 2. The Morgan fingerprint density at radius 3 is 2.60 bits per heavy atom. The molecule has 0 aliphatic heterocycles. The Hall–Kier alpha value is -2.97. The normalized spacial score (nSPS) is 11.8. The summed E-state index contributed by atoms with van der Waals surface area (Å²) in [6, 6.07) is 8.36. The number of H-pyrrole nitrogens is 1. The van der Waals surface area contributed by atoms with Gasteiger partial charge in [-0.15, -0.1) is 10.2 Å². The van der Waals surface area contributed by atoms with Gasteiger partial charge in [0.1, 0.15) is 11.8 Å². The van der Waals surface area contributed by atoms with Crippen LogP contribution in [0.4, 0.5) is 0 Å². The first-order valence-corrected chi connectivity index (χ1v) is 7.92. The summed E-state index contributed by atoms with van der Waals surface area (Å²) in [5, 5.41) is 16.2. The molecule has 2 rings (SSSR count). The minimum atomic E-state index is -0.663. The molecule has 134 valence electrons. The number of rotatable bonds is 8. The predicted molar refractivity (Wildman–Crippen MR) is 89.4 cm³/mol. The van der Waals surface area contributed by atoms with Gasteiger partial charge in [0.05, 0.1) is 6.54 Å². The van der Waals surface area contributed by atoms with Crippen LogP contribution in [0.15, 0.2) is 30.3 Å². The van der Waals surface area contributed by atoms with Crippen LogP contribution in [0.3, 0.4) is 0 Å². The Morgan fingerprint density at radius 1 is 1.28 bits per heavy atom. The highest BCUT2D eigenvalue weighted by molar-refractivity contribution is 5.88. The van der Waals surface area contributed by atoms with E-state index in [0.717, 1.165) is 0 Å². The lowest BCUT2D eigenvalue weighted by molar-refractivity contribution is -0.137. The number of hydrogen-bond acceptors (Lipinski definition) is 6. The number of tetrazole rings is 1. The van der Waals surface area contributed by atoms with E-state index in [2.05, 4.69) is 25.9 Å². The van der Waals surface area contributed by atoms with Crippen molar-refractivity contribution in [2.75, 3.05) is 13.7 Å². The second-order valence-corrected chi connectivity index (χ2v) is 5.91. The summed E-state index contributed by atoms with van der Waals surface area (Å²) < 4.78 is 5.40. The molecule has 1 heterocycles. The maximum atomic E-state index is 12.6. The van der Waals surface area contributed by atoms with Gasteiger partial charge in [0, 0.05) is 7.05 Å². The SMILES string of the molecule is CC(C)[C@H](NC(=O)COc1ccccc1)C(=O)N(C)Cc1nn[nH]n1. The molecule has 2 amide bonds. The summed E-state index contributed by atoms with van der Waals surface area (Å²) >= 11 is 0. The highest BCUT2D eigenvalue weighted by atomic mass is 16.5. The molecule has 1 atom stereocenters. The highest BCUT2D eigenvalue weighted by Gasteiger charge is 2.27. The second kappa shape index (κ2) is 8.76. The van der Waals surface area contributed by atoms with Crippen LogP contribution in [0, 0.1) is 5.92 Å². The summed E-state index contributed by atoms with van der Waals surface area (Å²) in [5.74, 6) is 0.328.